The standard InChI is InChI=1S/C15H28O4/c1-10-4-5-12(11(2)8-16)14-9-18-15(3,19-17)7-6-13(10)14/h10-14,16-17H,4-9H2,1-3H3/t10-,11+,12?,13?,14?,15-/m1/s1. The molecule has 2 rings (SSSR count). The molecular formula is C15H28O4. The van der Waals surface area contributed by atoms with Crippen molar-refractivity contribution in [2.24, 2.45) is 29.6 Å². The highest BCUT2D eigenvalue weighted by molar-refractivity contribution is 4.90. The molecule has 0 aromatic rings. The largest absolute Gasteiger partial charge is 0.396 e. The van der Waals surface area contributed by atoms with E-state index in [2.05, 4.69) is 18.7 Å². The van der Waals surface area contributed by atoms with Gasteiger partial charge < -0.3 is 9.84 Å². The van der Waals surface area contributed by atoms with Crippen LogP contribution in [0, 0.1) is 29.6 Å². The molecule has 1 aliphatic heterocycles. The van der Waals surface area contributed by atoms with Crippen LogP contribution in [0.25, 0.3) is 0 Å². The summed E-state index contributed by atoms with van der Waals surface area (Å²) >= 11 is 0. The number of aliphatic hydroxyl groups excluding tert-OH is 1. The third-order valence-corrected chi connectivity index (χ3v) is 5.51. The van der Waals surface area contributed by atoms with Crippen LogP contribution in [-0.2, 0) is 9.62 Å². The zero-order valence-electron chi connectivity index (χ0n) is 12.3. The van der Waals surface area contributed by atoms with Crippen molar-refractivity contribution < 1.29 is 20.0 Å². The van der Waals surface area contributed by atoms with E-state index in [1.54, 1.807) is 6.92 Å². The molecule has 1 aliphatic carbocycles. The monoisotopic (exact) mass is 272 g/mol. The first-order valence-electron chi connectivity index (χ1n) is 7.58. The van der Waals surface area contributed by atoms with E-state index in [9.17, 15) is 5.11 Å². The van der Waals surface area contributed by atoms with E-state index < -0.39 is 5.79 Å². The molecule has 0 radical (unpaired) electrons. The van der Waals surface area contributed by atoms with Crippen LogP contribution < -0.4 is 0 Å². The van der Waals surface area contributed by atoms with Crippen molar-refractivity contribution in [3.63, 3.8) is 0 Å². The third kappa shape index (κ3) is 3.13. The summed E-state index contributed by atoms with van der Waals surface area (Å²) in [6.07, 6.45) is 4.16. The molecule has 2 aliphatic rings. The number of hydrogen-bond donors (Lipinski definition) is 2. The Bertz CT molecular complexity index is 296. The molecule has 0 spiro atoms. The van der Waals surface area contributed by atoms with Crippen molar-refractivity contribution in [1.29, 1.82) is 0 Å². The molecular weight excluding hydrogens is 244 g/mol. The quantitative estimate of drug-likeness (QED) is 0.612. The fourth-order valence-corrected chi connectivity index (χ4v) is 4.06. The summed E-state index contributed by atoms with van der Waals surface area (Å²) in [7, 11) is 0. The summed E-state index contributed by atoms with van der Waals surface area (Å²) in [5, 5.41) is 18.5. The summed E-state index contributed by atoms with van der Waals surface area (Å²) < 4.78 is 5.83. The van der Waals surface area contributed by atoms with E-state index in [1.807, 2.05) is 0 Å². The van der Waals surface area contributed by atoms with Gasteiger partial charge in [-0.15, -0.1) is 0 Å². The molecule has 2 N–H and O–H groups in total. The van der Waals surface area contributed by atoms with Crippen molar-refractivity contribution in [1.82, 2.24) is 0 Å². The minimum Gasteiger partial charge on any atom is -0.396 e. The van der Waals surface area contributed by atoms with E-state index in [-0.39, 0.29) is 6.61 Å². The van der Waals surface area contributed by atoms with Crippen LogP contribution in [0.4, 0.5) is 0 Å². The highest BCUT2D eigenvalue weighted by Crippen LogP contribution is 2.47. The lowest BCUT2D eigenvalue weighted by molar-refractivity contribution is -0.399. The van der Waals surface area contributed by atoms with Crippen LogP contribution in [-0.4, -0.2) is 29.4 Å². The Balaban J connectivity index is 2.14. The highest BCUT2D eigenvalue weighted by Gasteiger charge is 2.44. The lowest BCUT2D eigenvalue weighted by Crippen LogP contribution is -2.39. The average molecular weight is 272 g/mol. The Kier molecular flexibility index (Phi) is 4.88. The lowest BCUT2D eigenvalue weighted by Gasteiger charge is -2.43. The smallest absolute Gasteiger partial charge is 0.198 e. The Morgan fingerprint density at radius 3 is 2.68 bits per heavy atom. The van der Waals surface area contributed by atoms with E-state index in [1.165, 1.54) is 12.8 Å². The first-order valence-corrected chi connectivity index (χ1v) is 7.58. The van der Waals surface area contributed by atoms with Crippen LogP contribution in [0.1, 0.15) is 46.5 Å². The van der Waals surface area contributed by atoms with Gasteiger partial charge in [0.1, 0.15) is 0 Å². The number of aliphatic hydroxyl groups is 1. The molecule has 19 heavy (non-hydrogen) atoms. The molecule has 2 fully saturated rings. The Labute approximate surface area is 116 Å². The highest BCUT2D eigenvalue weighted by atomic mass is 17.1. The SMILES string of the molecule is C[C@@H]1CCC([C@@H](C)CO)C2CO[C@](C)(OO)CCC21. The van der Waals surface area contributed by atoms with Gasteiger partial charge in [-0.3, -0.25) is 0 Å². The van der Waals surface area contributed by atoms with Crippen LogP contribution in [0.5, 0.6) is 0 Å². The average Bonchev–Trinajstić information content (AvgIpc) is 2.60. The van der Waals surface area contributed by atoms with Crippen LogP contribution in [0.3, 0.4) is 0 Å². The molecule has 6 atom stereocenters. The first kappa shape index (κ1) is 15.2. The summed E-state index contributed by atoms with van der Waals surface area (Å²) in [5.74, 6) is 1.77. The predicted octanol–water partition coefficient (Wildman–Crippen LogP) is 2.91. The topological polar surface area (TPSA) is 58.9 Å². The van der Waals surface area contributed by atoms with Gasteiger partial charge in [-0.1, -0.05) is 20.3 Å². The molecule has 4 heteroatoms. The zero-order valence-corrected chi connectivity index (χ0v) is 12.3. The molecule has 1 saturated heterocycles. The van der Waals surface area contributed by atoms with Gasteiger partial charge in [0.2, 0.25) is 0 Å². The van der Waals surface area contributed by atoms with Crippen LogP contribution in [0.15, 0.2) is 0 Å². The second kappa shape index (κ2) is 6.08. The molecule has 3 unspecified atom stereocenters. The molecule has 1 heterocycles. The van der Waals surface area contributed by atoms with Gasteiger partial charge in [0.25, 0.3) is 0 Å². The number of rotatable bonds is 3. The number of fused-ring (bicyclic) bond motifs is 1. The van der Waals surface area contributed by atoms with Gasteiger partial charge in [0.05, 0.1) is 6.61 Å². The van der Waals surface area contributed by atoms with Gasteiger partial charge in [0.15, 0.2) is 5.79 Å². The fourth-order valence-electron chi connectivity index (χ4n) is 4.06. The van der Waals surface area contributed by atoms with Crippen molar-refractivity contribution in [3.05, 3.63) is 0 Å². The van der Waals surface area contributed by atoms with Crippen LogP contribution in [0.2, 0.25) is 0 Å². The molecule has 112 valence electrons. The Morgan fingerprint density at radius 1 is 1.32 bits per heavy atom. The maximum Gasteiger partial charge on any atom is 0.198 e. The van der Waals surface area contributed by atoms with Gasteiger partial charge in [-0.05, 0) is 49.4 Å². The number of hydrogen-bond acceptors (Lipinski definition) is 4. The van der Waals surface area contributed by atoms with E-state index in [4.69, 9.17) is 9.99 Å². The third-order valence-electron chi connectivity index (χ3n) is 5.51. The molecule has 0 aromatic heterocycles. The van der Waals surface area contributed by atoms with E-state index in [0.717, 1.165) is 12.8 Å². The van der Waals surface area contributed by atoms with Crippen molar-refractivity contribution in [2.75, 3.05) is 13.2 Å². The second-order valence-electron chi connectivity index (χ2n) is 6.78. The van der Waals surface area contributed by atoms with Crippen molar-refractivity contribution in [3.8, 4) is 0 Å². The summed E-state index contributed by atoms with van der Waals surface area (Å²) in [5.41, 5.74) is 0. The van der Waals surface area contributed by atoms with Gasteiger partial charge in [-0.25, -0.2) is 10.1 Å². The molecule has 1 saturated carbocycles. The van der Waals surface area contributed by atoms with Gasteiger partial charge >= 0.3 is 0 Å². The molecule has 4 nitrogen and oxygen atoms in total. The van der Waals surface area contributed by atoms with Crippen molar-refractivity contribution in [2.45, 2.75) is 52.2 Å². The predicted molar refractivity (Wildman–Crippen MR) is 72.4 cm³/mol. The maximum atomic E-state index is 9.46. The minimum atomic E-state index is -0.857. The molecule has 0 amide bonds. The van der Waals surface area contributed by atoms with E-state index in [0.29, 0.717) is 36.2 Å². The molecule has 0 aromatic carbocycles. The van der Waals surface area contributed by atoms with Crippen molar-refractivity contribution >= 4 is 0 Å². The lowest BCUT2D eigenvalue weighted by atomic mass is 9.63. The summed E-state index contributed by atoms with van der Waals surface area (Å²) in [6, 6.07) is 0. The van der Waals surface area contributed by atoms with Crippen LogP contribution >= 0.6 is 0 Å². The first-order chi connectivity index (χ1) is 9.00. The zero-order chi connectivity index (χ0) is 14.0. The molecule has 0 bridgehead atoms. The summed E-state index contributed by atoms with van der Waals surface area (Å²) in [6.45, 7) is 7.13. The van der Waals surface area contributed by atoms with Gasteiger partial charge in [0, 0.05) is 13.0 Å². The number of ether oxygens (including phenoxy) is 1. The van der Waals surface area contributed by atoms with E-state index >= 15 is 0 Å². The Hall–Kier alpha value is -0.160. The fraction of sp³-hybridized carbons (Fsp3) is 1.00. The normalized spacial score (nSPS) is 45.3. The minimum absolute atomic E-state index is 0.246. The van der Waals surface area contributed by atoms with Gasteiger partial charge in [-0.2, -0.15) is 0 Å². The summed E-state index contributed by atoms with van der Waals surface area (Å²) in [4.78, 5) is 4.55. The maximum absolute atomic E-state index is 9.46. The second-order valence-corrected chi connectivity index (χ2v) is 6.78. The Morgan fingerprint density at radius 2 is 2.05 bits per heavy atom.